The standard InChI is InChI=1S/C23H25ClN4O3S/c1-15-20(16(2)28(25-15)19-7-5-4-6-8-19)14-27(3)23(29)17-9-12-21(24)22(13-17)32(30,31)26-18-10-11-18/h4-9,12-13,18,26H,10-11,14H2,1-3H3. The molecule has 1 aliphatic carbocycles. The second-order valence-electron chi connectivity index (χ2n) is 8.10. The van der Waals surface area contributed by atoms with Crippen LogP contribution in [0.2, 0.25) is 5.02 Å². The quantitative estimate of drug-likeness (QED) is 0.566. The van der Waals surface area contributed by atoms with E-state index in [-0.39, 0.29) is 27.4 Å². The van der Waals surface area contributed by atoms with Crippen LogP contribution in [-0.2, 0) is 16.6 Å². The van der Waals surface area contributed by atoms with Crippen LogP contribution in [-0.4, -0.2) is 42.1 Å². The highest BCUT2D eigenvalue weighted by Crippen LogP contribution is 2.27. The monoisotopic (exact) mass is 472 g/mol. The smallest absolute Gasteiger partial charge is 0.253 e. The maximum absolute atomic E-state index is 13.1. The number of amides is 1. The van der Waals surface area contributed by atoms with E-state index in [9.17, 15) is 13.2 Å². The molecule has 2 aromatic carbocycles. The summed E-state index contributed by atoms with van der Waals surface area (Å²) in [5.74, 6) is -0.296. The molecule has 1 aliphatic rings. The Kier molecular flexibility index (Phi) is 6.11. The Morgan fingerprint density at radius 2 is 1.88 bits per heavy atom. The van der Waals surface area contributed by atoms with Crippen LogP contribution in [0.4, 0.5) is 0 Å². The molecule has 1 N–H and O–H groups in total. The molecular formula is C23H25ClN4O3S. The predicted molar refractivity (Wildman–Crippen MR) is 124 cm³/mol. The number of benzene rings is 2. The number of nitrogens with zero attached hydrogens (tertiary/aromatic N) is 3. The van der Waals surface area contributed by atoms with Gasteiger partial charge >= 0.3 is 0 Å². The fourth-order valence-corrected chi connectivity index (χ4v) is 5.41. The topological polar surface area (TPSA) is 84.3 Å². The molecular weight excluding hydrogens is 448 g/mol. The highest BCUT2D eigenvalue weighted by atomic mass is 35.5. The first-order valence-corrected chi connectivity index (χ1v) is 12.2. The van der Waals surface area contributed by atoms with Crippen molar-refractivity contribution < 1.29 is 13.2 Å². The lowest BCUT2D eigenvalue weighted by molar-refractivity contribution is 0.0784. The van der Waals surface area contributed by atoms with Gasteiger partial charge in [0.1, 0.15) is 4.90 Å². The van der Waals surface area contributed by atoms with E-state index >= 15 is 0 Å². The van der Waals surface area contributed by atoms with E-state index in [1.165, 1.54) is 12.1 Å². The van der Waals surface area contributed by atoms with Crippen LogP contribution in [0.3, 0.4) is 0 Å². The largest absolute Gasteiger partial charge is 0.337 e. The number of hydrogen-bond acceptors (Lipinski definition) is 4. The lowest BCUT2D eigenvalue weighted by Crippen LogP contribution is -2.28. The van der Waals surface area contributed by atoms with Crippen molar-refractivity contribution in [3.63, 3.8) is 0 Å². The van der Waals surface area contributed by atoms with Gasteiger partial charge in [0.25, 0.3) is 5.91 Å². The first-order valence-electron chi connectivity index (χ1n) is 10.3. The normalized spacial score (nSPS) is 13.9. The number of para-hydroxylation sites is 1. The summed E-state index contributed by atoms with van der Waals surface area (Å²) >= 11 is 6.15. The summed E-state index contributed by atoms with van der Waals surface area (Å²) in [5, 5.41) is 4.72. The van der Waals surface area contributed by atoms with Crippen molar-refractivity contribution in [1.29, 1.82) is 0 Å². The summed E-state index contributed by atoms with van der Waals surface area (Å²) in [6, 6.07) is 14.1. The van der Waals surface area contributed by atoms with Crippen molar-refractivity contribution in [3.8, 4) is 5.69 Å². The van der Waals surface area contributed by atoms with Gasteiger partial charge in [-0.05, 0) is 57.0 Å². The second-order valence-corrected chi connectivity index (χ2v) is 10.2. The highest BCUT2D eigenvalue weighted by Gasteiger charge is 2.30. The molecule has 0 atom stereocenters. The average molecular weight is 473 g/mol. The maximum atomic E-state index is 13.1. The van der Waals surface area contributed by atoms with Crippen LogP contribution >= 0.6 is 11.6 Å². The lowest BCUT2D eigenvalue weighted by Gasteiger charge is -2.18. The zero-order valence-corrected chi connectivity index (χ0v) is 19.7. The number of halogens is 1. The van der Waals surface area contributed by atoms with Gasteiger partial charge < -0.3 is 4.90 Å². The summed E-state index contributed by atoms with van der Waals surface area (Å²) in [6.45, 7) is 4.22. The number of carbonyl (C=O) groups excluding carboxylic acids is 1. The van der Waals surface area contributed by atoms with Gasteiger partial charge in [0.15, 0.2) is 0 Å². The van der Waals surface area contributed by atoms with E-state index in [1.807, 2.05) is 48.9 Å². The molecule has 0 unspecified atom stereocenters. The Labute approximate surface area is 193 Å². The molecule has 1 heterocycles. The van der Waals surface area contributed by atoms with Crippen molar-refractivity contribution in [2.24, 2.45) is 0 Å². The van der Waals surface area contributed by atoms with Crippen molar-refractivity contribution in [2.75, 3.05) is 7.05 Å². The Balaban J connectivity index is 1.57. The maximum Gasteiger partial charge on any atom is 0.253 e. The van der Waals surface area contributed by atoms with E-state index in [4.69, 9.17) is 11.6 Å². The molecule has 3 aromatic rings. The number of rotatable bonds is 7. The number of nitrogens with one attached hydrogen (secondary N) is 1. The molecule has 1 fully saturated rings. The Morgan fingerprint density at radius 1 is 1.19 bits per heavy atom. The minimum Gasteiger partial charge on any atom is -0.337 e. The van der Waals surface area contributed by atoms with Crippen molar-refractivity contribution in [3.05, 3.63) is 76.1 Å². The molecule has 1 aromatic heterocycles. The first-order chi connectivity index (χ1) is 15.2. The minimum absolute atomic E-state index is 0.0507. The van der Waals surface area contributed by atoms with Crippen LogP contribution in [0.5, 0.6) is 0 Å². The Hall–Kier alpha value is -2.68. The minimum atomic E-state index is -3.78. The summed E-state index contributed by atoms with van der Waals surface area (Å²) in [5.41, 5.74) is 3.94. The molecule has 7 nitrogen and oxygen atoms in total. The highest BCUT2D eigenvalue weighted by molar-refractivity contribution is 7.89. The van der Waals surface area contributed by atoms with Crippen LogP contribution < -0.4 is 4.72 Å². The third-order valence-electron chi connectivity index (χ3n) is 5.55. The molecule has 0 aliphatic heterocycles. The van der Waals surface area contributed by atoms with E-state index < -0.39 is 10.0 Å². The van der Waals surface area contributed by atoms with Gasteiger partial charge in [-0.1, -0.05) is 29.8 Å². The third kappa shape index (κ3) is 4.57. The number of carbonyl (C=O) groups is 1. The van der Waals surface area contributed by atoms with Gasteiger partial charge in [-0.25, -0.2) is 17.8 Å². The number of sulfonamides is 1. The summed E-state index contributed by atoms with van der Waals surface area (Å²) in [6.07, 6.45) is 1.63. The second kappa shape index (κ2) is 8.69. The van der Waals surface area contributed by atoms with Gasteiger partial charge in [-0.15, -0.1) is 0 Å². The molecule has 4 rings (SSSR count). The zero-order valence-electron chi connectivity index (χ0n) is 18.2. The molecule has 1 saturated carbocycles. The molecule has 0 spiro atoms. The SMILES string of the molecule is Cc1nn(-c2ccccc2)c(C)c1CN(C)C(=O)c1ccc(Cl)c(S(=O)(=O)NC2CC2)c1. The van der Waals surface area contributed by atoms with Gasteiger partial charge in [0.05, 0.1) is 16.4 Å². The fourth-order valence-electron chi connectivity index (χ4n) is 3.58. The number of hydrogen-bond donors (Lipinski definition) is 1. The molecule has 32 heavy (non-hydrogen) atoms. The number of aromatic nitrogens is 2. The van der Waals surface area contributed by atoms with E-state index in [0.29, 0.717) is 6.54 Å². The first kappa shape index (κ1) is 22.5. The Bertz CT molecular complexity index is 1270. The molecule has 0 radical (unpaired) electrons. The predicted octanol–water partition coefficient (Wildman–Crippen LogP) is 3.86. The van der Waals surface area contributed by atoms with Gasteiger partial charge in [-0.3, -0.25) is 4.79 Å². The molecule has 0 saturated heterocycles. The van der Waals surface area contributed by atoms with Crippen molar-refractivity contribution in [1.82, 2.24) is 19.4 Å². The average Bonchev–Trinajstić information content (AvgIpc) is 3.53. The fraction of sp³-hybridized carbons (Fsp3) is 0.304. The molecule has 1 amide bonds. The third-order valence-corrected chi connectivity index (χ3v) is 7.55. The van der Waals surface area contributed by atoms with Gasteiger partial charge in [0.2, 0.25) is 10.0 Å². The van der Waals surface area contributed by atoms with Crippen LogP contribution in [0.25, 0.3) is 5.69 Å². The molecule has 0 bridgehead atoms. The summed E-state index contributed by atoms with van der Waals surface area (Å²) in [4.78, 5) is 14.6. The van der Waals surface area contributed by atoms with Gasteiger partial charge in [0, 0.05) is 36.5 Å². The lowest BCUT2D eigenvalue weighted by atomic mass is 10.1. The van der Waals surface area contributed by atoms with Crippen molar-refractivity contribution >= 4 is 27.5 Å². The summed E-state index contributed by atoms with van der Waals surface area (Å²) in [7, 11) is -2.09. The van der Waals surface area contributed by atoms with E-state index in [1.54, 1.807) is 18.0 Å². The summed E-state index contributed by atoms with van der Waals surface area (Å²) < 4.78 is 29.7. The van der Waals surface area contributed by atoms with Crippen LogP contribution in [0.15, 0.2) is 53.4 Å². The molecule has 168 valence electrons. The van der Waals surface area contributed by atoms with E-state index in [2.05, 4.69) is 9.82 Å². The van der Waals surface area contributed by atoms with E-state index in [0.717, 1.165) is 35.5 Å². The van der Waals surface area contributed by atoms with Crippen LogP contribution in [0, 0.1) is 13.8 Å². The molecule has 9 heteroatoms. The van der Waals surface area contributed by atoms with Gasteiger partial charge in [-0.2, -0.15) is 5.10 Å². The zero-order chi connectivity index (χ0) is 23.0. The number of aryl methyl sites for hydroxylation is 1. The van der Waals surface area contributed by atoms with Crippen LogP contribution in [0.1, 0.15) is 40.2 Å². The van der Waals surface area contributed by atoms with Crippen molar-refractivity contribution in [2.45, 2.75) is 44.2 Å². The Morgan fingerprint density at radius 3 is 2.53 bits per heavy atom.